The van der Waals surface area contributed by atoms with Crippen molar-refractivity contribution in [1.29, 1.82) is 5.26 Å². The topological polar surface area (TPSA) is 68.3 Å². The fourth-order valence-corrected chi connectivity index (χ4v) is 1.70. The average molecular weight is 258 g/mol. The Kier molecular flexibility index (Phi) is 3.71. The van der Waals surface area contributed by atoms with Crippen LogP contribution >= 0.6 is 0 Å². The lowest BCUT2D eigenvalue weighted by atomic mass is 10.2. The van der Waals surface area contributed by atoms with E-state index in [9.17, 15) is 0 Å². The standard InChI is InChI=1S/C14H14N2O3/c1-9-7-13(19-16-9)10(2)18-14-11(8-15)5-4-6-12(14)17-3/h4-7,10H,1-3H3. The lowest BCUT2D eigenvalue weighted by molar-refractivity contribution is 0.175. The normalized spacial score (nSPS) is 11.7. The molecule has 5 heteroatoms. The zero-order valence-electron chi connectivity index (χ0n) is 11.0. The van der Waals surface area contributed by atoms with E-state index >= 15 is 0 Å². The molecule has 0 aliphatic heterocycles. The molecule has 0 bridgehead atoms. The van der Waals surface area contributed by atoms with Gasteiger partial charge in [0.2, 0.25) is 0 Å². The Labute approximate surface area is 111 Å². The first-order chi connectivity index (χ1) is 9.15. The van der Waals surface area contributed by atoms with Gasteiger partial charge in [-0.25, -0.2) is 0 Å². The second-order valence-electron chi connectivity index (χ2n) is 4.08. The maximum Gasteiger partial charge on any atom is 0.179 e. The molecule has 1 atom stereocenters. The molecule has 0 spiro atoms. The highest BCUT2D eigenvalue weighted by atomic mass is 16.5. The van der Waals surface area contributed by atoms with Gasteiger partial charge in [0.1, 0.15) is 6.07 Å². The number of hydrogen-bond donors (Lipinski definition) is 0. The van der Waals surface area contributed by atoms with E-state index in [1.54, 1.807) is 24.3 Å². The second-order valence-corrected chi connectivity index (χ2v) is 4.08. The largest absolute Gasteiger partial charge is 0.493 e. The SMILES string of the molecule is COc1cccc(C#N)c1OC(C)c1cc(C)no1. The Morgan fingerprint density at radius 1 is 1.42 bits per heavy atom. The van der Waals surface area contributed by atoms with Gasteiger partial charge in [-0.1, -0.05) is 11.2 Å². The molecule has 1 aromatic heterocycles. The Hall–Kier alpha value is -2.48. The molecule has 2 aromatic rings. The van der Waals surface area contributed by atoms with Crippen molar-refractivity contribution in [3.8, 4) is 17.6 Å². The van der Waals surface area contributed by atoms with Crippen molar-refractivity contribution in [2.24, 2.45) is 0 Å². The van der Waals surface area contributed by atoms with Gasteiger partial charge in [-0.2, -0.15) is 5.26 Å². The molecule has 0 amide bonds. The third-order valence-electron chi connectivity index (χ3n) is 2.66. The van der Waals surface area contributed by atoms with Gasteiger partial charge in [-0.05, 0) is 26.0 Å². The number of hydrogen-bond acceptors (Lipinski definition) is 5. The summed E-state index contributed by atoms with van der Waals surface area (Å²) >= 11 is 0. The van der Waals surface area contributed by atoms with Gasteiger partial charge >= 0.3 is 0 Å². The number of aromatic nitrogens is 1. The van der Waals surface area contributed by atoms with Crippen molar-refractivity contribution in [2.45, 2.75) is 20.0 Å². The molecule has 98 valence electrons. The molecule has 0 radical (unpaired) electrons. The first-order valence-corrected chi connectivity index (χ1v) is 5.82. The van der Waals surface area contributed by atoms with E-state index in [1.807, 2.05) is 13.8 Å². The van der Waals surface area contributed by atoms with Crippen molar-refractivity contribution >= 4 is 0 Å². The van der Waals surface area contributed by atoms with Crippen molar-refractivity contribution < 1.29 is 14.0 Å². The summed E-state index contributed by atoms with van der Waals surface area (Å²) in [7, 11) is 1.53. The summed E-state index contributed by atoms with van der Waals surface area (Å²) in [6, 6.07) is 9.04. The van der Waals surface area contributed by atoms with Crippen LogP contribution in [-0.4, -0.2) is 12.3 Å². The predicted molar refractivity (Wildman–Crippen MR) is 68.0 cm³/mol. The van der Waals surface area contributed by atoms with E-state index in [-0.39, 0.29) is 6.10 Å². The first-order valence-electron chi connectivity index (χ1n) is 5.82. The van der Waals surface area contributed by atoms with Crippen LogP contribution in [0.1, 0.15) is 30.0 Å². The summed E-state index contributed by atoms with van der Waals surface area (Å²) in [6.45, 7) is 3.66. The summed E-state index contributed by atoms with van der Waals surface area (Å²) in [5, 5.41) is 12.9. The molecule has 0 saturated heterocycles. The molecule has 0 N–H and O–H groups in total. The van der Waals surface area contributed by atoms with Gasteiger partial charge in [0.15, 0.2) is 23.4 Å². The molecule has 0 saturated carbocycles. The van der Waals surface area contributed by atoms with Crippen molar-refractivity contribution in [1.82, 2.24) is 5.16 Å². The Morgan fingerprint density at radius 2 is 2.21 bits per heavy atom. The van der Waals surface area contributed by atoms with Crippen molar-refractivity contribution in [3.63, 3.8) is 0 Å². The molecular weight excluding hydrogens is 244 g/mol. The first kappa shape index (κ1) is 13.0. The Balaban J connectivity index is 2.30. The minimum Gasteiger partial charge on any atom is -0.493 e. The number of rotatable bonds is 4. The highest BCUT2D eigenvalue weighted by Gasteiger charge is 2.18. The highest BCUT2D eigenvalue weighted by Crippen LogP contribution is 2.34. The molecular formula is C14H14N2O3. The predicted octanol–water partition coefficient (Wildman–Crippen LogP) is 3.00. The number of aryl methyl sites for hydroxylation is 1. The minimum atomic E-state index is -0.357. The van der Waals surface area contributed by atoms with Crippen LogP contribution in [-0.2, 0) is 0 Å². The number of nitriles is 1. The van der Waals surface area contributed by atoms with E-state index in [1.165, 1.54) is 7.11 Å². The van der Waals surface area contributed by atoms with Crippen LogP contribution in [0.25, 0.3) is 0 Å². The van der Waals surface area contributed by atoms with Crippen LogP contribution in [0.3, 0.4) is 0 Å². The summed E-state index contributed by atoms with van der Waals surface area (Å²) in [4.78, 5) is 0. The monoisotopic (exact) mass is 258 g/mol. The van der Waals surface area contributed by atoms with Crippen LogP contribution in [0.5, 0.6) is 11.5 Å². The van der Waals surface area contributed by atoms with E-state index in [0.717, 1.165) is 5.69 Å². The van der Waals surface area contributed by atoms with Crippen LogP contribution in [0, 0.1) is 18.3 Å². The Bertz CT molecular complexity index is 613. The van der Waals surface area contributed by atoms with Crippen LogP contribution in [0.15, 0.2) is 28.8 Å². The van der Waals surface area contributed by atoms with Crippen LogP contribution in [0.4, 0.5) is 0 Å². The number of ether oxygens (including phenoxy) is 2. The van der Waals surface area contributed by atoms with E-state index in [2.05, 4.69) is 11.2 Å². The molecule has 5 nitrogen and oxygen atoms in total. The lowest BCUT2D eigenvalue weighted by Crippen LogP contribution is -2.04. The molecule has 0 aliphatic carbocycles. The smallest absolute Gasteiger partial charge is 0.179 e. The van der Waals surface area contributed by atoms with Gasteiger partial charge in [-0.15, -0.1) is 0 Å². The average Bonchev–Trinajstić information content (AvgIpc) is 2.85. The zero-order valence-corrected chi connectivity index (χ0v) is 11.0. The lowest BCUT2D eigenvalue weighted by Gasteiger charge is -2.15. The second kappa shape index (κ2) is 5.44. The molecule has 1 heterocycles. The summed E-state index contributed by atoms with van der Waals surface area (Å²) in [5.41, 5.74) is 1.20. The number of methoxy groups -OCH3 is 1. The quantitative estimate of drug-likeness (QED) is 0.843. The number of para-hydroxylation sites is 1. The maximum absolute atomic E-state index is 9.10. The van der Waals surface area contributed by atoms with Gasteiger partial charge in [0.05, 0.1) is 18.4 Å². The number of benzene rings is 1. The van der Waals surface area contributed by atoms with Gasteiger partial charge < -0.3 is 14.0 Å². The third-order valence-corrected chi connectivity index (χ3v) is 2.66. The fraction of sp³-hybridized carbons (Fsp3) is 0.286. The van der Waals surface area contributed by atoms with Gasteiger partial charge in [-0.3, -0.25) is 0 Å². The van der Waals surface area contributed by atoms with E-state index in [0.29, 0.717) is 22.8 Å². The van der Waals surface area contributed by atoms with Crippen molar-refractivity contribution in [3.05, 3.63) is 41.3 Å². The summed E-state index contributed by atoms with van der Waals surface area (Å²) in [5.74, 6) is 1.53. The number of nitrogens with zero attached hydrogens (tertiary/aromatic N) is 2. The van der Waals surface area contributed by atoms with Gasteiger partial charge in [0, 0.05) is 6.07 Å². The summed E-state index contributed by atoms with van der Waals surface area (Å²) in [6.07, 6.45) is -0.357. The van der Waals surface area contributed by atoms with E-state index < -0.39 is 0 Å². The third kappa shape index (κ3) is 2.68. The van der Waals surface area contributed by atoms with Crippen molar-refractivity contribution in [2.75, 3.05) is 7.11 Å². The Morgan fingerprint density at radius 3 is 2.79 bits per heavy atom. The molecule has 1 aromatic carbocycles. The molecule has 1 unspecified atom stereocenters. The highest BCUT2D eigenvalue weighted by molar-refractivity contribution is 5.52. The van der Waals surface area contributed by atoms with E-state index in [4.69, 9.17) is 19.3 Å². The minimum absolute atomic E-state index is 0.357. The fourth-order valence-electron chi connectivity index (χ4n) is 1.70. The molecule has 0 fully saturated rings. The summed E-state index contributed by atoms with van der Waals surface area (Å²) < 4.78 is 16.1. The molecule has 0 aliphatic rings. The zero-order chi connectivity index (χ0) is 13.8. The van der Waals surface area contributed by atoms with Crippen LogP contribution < -0.4 is 9.47 Å². The maximum atomic E-state index is 9.10. The van der Waals surface area contributed by atoms with Gasteiger partial charge in [0.25, 0.3) is 0 Å². The molecule has 19 heavy (non-hydrogen) atoms. The molecule has 2 rings (SSSR count). The van der Waals surface area contributed by atoms with Crippen LogP contribution in [0.2, 0.25) is 0 Å².